The molecule has 0 N–H and O–H groups in total. The summed E-state index contributed by atoms with van der Waals surface area (Å²) in [5.74, 6) is 0.564. The fourth-order valence-electron chi connectivity index (χ4n) is 1.35. The first-order valence-electron chi connectivity index (χ1n) is 4.14. The predicted molar refractivity (Wildman–Crippen MR) is 63.4 cm³/mol. The maximum Gasteiger partial charge on any atom is 0.0407 e. The number of halogens is 2. The minimum Gasteiger partial charge on any atom is -0.122 e. The van der Waals surface area contributed by atoms with Gasteiger partial charge in [0.2, 0.25) is 0 Å². The number of hydrogen-bond acceptors (Lipinski definition) is 0. The molecule has 0 aromatic heterocycles. The van der Waals surface area contributed by atoms with E-state index in [1.54, 1.807) is 0 Å². The highest BCUT2D eigenvalue weighted by atomic mass is 79.9. The Bertz CT molecular complexity index is 306. The van der Waals surface area contributed by atoms with Crippen molar-refractivity contribution in [2.24, 2.45) is 0 Å². The molecule has 0 heterocycles. The van der Waals surface area contributed by atoms with Gasteiger partial charge in [-0.3, -0.25) is 0 Å². The van der Waals surface area contributed by atoms with E-state index in [0.29, 0.717) is 5.88 Å². The van der Waals surface area contributed by atoms with Gasteiger partial charge in [0.1, 0.15) is 0 Å². The Kier molecular flexibility index (Phi) is 4.01. The molecule has 1 aromatic rings. The molecule has 0 saturated heterocycles. The van der Waals surface area contributed by atoms with Crippen molar-refractivity contribution in [1.82, 2.24) is 0 Å². The molecule has 0 aliphatic carbocycles. The standard InChI is InChI=1S/C11H12BrCl/c1-8-6-10(12)7-9(2)11(8)4-3-5-13/h3-4,6-7H,5H2,1-2H3. The summed E-state index contributed by atoms with van der Waals surface area (Å²) in [6, 6.07) is 4.22. The predicted octanol–water partition coefficient (Wildman–Crippen LogP) is 4.32. The van der Waals surface area contributed by atoms with Gasteiger partial charge in [0.15, 0.2) is 0 Å². The highest BCUT2D eigenvalue weighted by Crippen LogP contribution is 2.21. The molecule has 70 valence electrons. The second kappa shape index (κ2) is 4.83. The number of hydrogen-bond donors (Lipinski definition) is 0. The molecule has 0 unspecified atom stereocenters. The van der Waals surface area contributed by atoms with Crippen LogP contribution in [0.2, 0.25) is 0 Å². The van der Waals surface area contributed by atoms with Crippen LogP contribution in [0, 0.1) is 13.8 Å². The molecular formula is C11H12BrCl. The zero-order valence-corrected chi connectivity index (χ0v) is 10.1. The van der Waals surface area contributed by atoms with E-state index in [-0.39, 0.29) is 0 Å². The van der Waals surface area contributed by atoms with Crippen molar-refractivity contribution >= 4 is 33.6 Å². The highest BCUT2D eigenvalue weighted by Gasteiger charge is 1.99. The third-order valence-electron chi connectivity index (χ3n) is 1.93. The van der Waals surface area contributed by atoms with E-state index in [2.05, 4.69) is 48.0 Å². The summed E-state index contributed by atoms with van der Waals surface area (Å²) >= 11 is 9.06. The third kappa shape index (κ3) is 2.85. The second-order valence-corrected chi connectivity index (χ2v) is 4.23. The molecule has 0 spiro atoms. The largest absolute Gasteiger partial charge is 0.122 e. The summed E-state index contributed by atoms with van der Waals surface area (Å²) in [5, 5.41) is 0. The lowest BCUT2D eigenvalue weighted by atomic mass is 10.0. The first-order valence-corrected chi connectivity index (χ1v) is 5.47. The molecule has 0 radical (unpaired) electrons. The maximum atomic E-state index is 5.59. The van der Waals surface area contributed by atoms with Crippen molar-refractivity contribution in [3.8, 4) is 0 Å². The van der Waals surface area contributed by atoms with Crippen LogP contribution in [0.15, 0.2) is 22.7 Å². The van der Waals surface area contributed by atoms with Gasteiger partial charge in [-0.1, -0.05) is 28.1 Å². The Balaban J connectivity index is 3.13. The molecule has 0 aliphatic rings. The van der Waals surface area contributed by atoms with Gasteiger partial charge in [0, 0.05) is 10.4 Å². The molecule has 13 heavy (non-hydrogen) atoms. The molecule has 0 aliphatic heterocycles. The van der Waals surface area contributed by atoms with Gasteiger partial charge >= 0.3 is 0 Å². The summed E-state index contributed by atoms with van der Waals surface area (Å²) in [6.07, 6.45) is 4.04. The lowest BCUT2D eigenvalue weighted by molar-refractivity contribution is 1.34. The van der Waals surface area contributed by atoms with Crippen molar-refractivity contribution in [2.45, 2.75) is 13.8 Å². The molecule has 0 fully saturated rings. The smallest absolute Gasteiger partial charge is 0.0407 e. The lowest BCUT2D eigenvalue weighted by Gasteiger charge is -2.05. The van der Waals surface area contributed by atoms with E-state index >= 15 is 0 Å². The van der Waals surface area contributed by atoms with Gasteiger partial charge in [-0.05, 0) is 42.7 Å². The van der Waals surface area contributed by atoms with Crippen molar-refractivity contribution < 1.29 is 0 Å². The fraction of sp³-hybridized carbons (Fsp3) is 0.273. The van der Waals surface area contributed by atoms with Crippen molar-refractivity contribution in [3.63, 3.8) is 0 Å². The maximum absolute atomic E-state index is 5.59. The summed E-state index contributed by atoms with van der Waals surface area (Å²) in [5.41, 5.74) is 3.81. The minimum absolute atomic E-state index is 0.564. The molecule has 1 aromatic carbocycles. The zero-order valence-electron chi connectivity index (χ0n) is 7.77. The Labute approximate surface area is 92.7 Å². The Morgan fingerprint density at radius 3 is 2.31 bits per heavy atom. The average Bonchev–Trinajstić information content (AvgIpc) is 2.02. The Hall–Kier alpha value is -0.270. The van der Waals surface area contributed by atoms with Crippen LogP contribution in [0.25, 0.3) is 6.08 Å². The Morgan fingerprint density at radius 1 is 1.31 bits per heavy atom. The Morgan fingerprint density at radius 2 is 1.85 bits per heavy atom. The minimum atomic E-state index is 0.564. The van der Waals surface area contributed by atoms with Crippen LogP contribution in [0.5, 0.6) is 0 Å². The van der Waals surface area contributed by atoms with E-state index in [1.165, 1.54) is 16.7 Å². The summed E-state index contributed by atoms with van der Waals surface area (Å²) < 4.78 is 1.13. The van der Waals surface area contributed by atoms with E-state index in [1.807, 2.05) is 6.08 Å². The van der Waals surface area contributed by atoms with Crippen molar-refractivity contribution in [2.75, 3.05) is 5.88 Å². The molecule has 0 nitrogen and oxygen atoms in total. The van der Waals surface area contributed by atoms with E-state index in [0.717, 1.165) is 4.47 Å². The second-order valence-electron chi connectivity index (χ2n) is 3.01. The molecule has 2 heteroatoms. The number of alkyl halides is 1. The van der Waals surface area contributed by atoms with E-state index < -0.39 is 0 Å². The quantitative estimate of drug-likeness (QED) is 0.694. The highest BCUT2D eigenvalue weighted by molar-refractivity contribution is 9.10. The molecule has 0 saturated carbocycles. The van der Waals surface area contributed by atoms with Gasteiger partial charge in [-0.2, -0.15) is 0 Å². The zero-order chi connectivity index (χ0) is 9.84. The van der Waals surface area contributed by atoms with Crippen LogP contribution in [0.3, 0.4) is 0 Å². The van der Waals surface area contributed by atoms with Gasteiger partial charge in [0.05, 0.1) is 0 Å². The topological polar surface area (TPSA) is 0 Å². The van der Waals surface area contributed by atoms with Crippen molar-refractivity contribution in [1.29, 1.82) is 0 Å². The van der Waals surface area contributed by atoms with Crippen molar-refractivity contribution in [3.05, 3.63) is 39.4 Å². The lowest BCUT2D eigenvalue weighted by Crippen LogP contribution is -1.86. The van der Waals surface area contributed by atoms with Crippen LogP contribution in [0.1, 0.15) is 16.7 Å². The number of aryl methyl sites for hydroxylation is 2. The number of benzene rings is 1. The number of rotatable bonds is 2. The van der Waals surface area contributed by atoms with Gasteiger partial charge in [-0.25, -0.2) is 0 Å². The molecule has 0 amide bonds. The first kappa shape index (κ1) is 10.8. The monoisotopic (exact) mass is 258 g/mol. The van der Waals surface area contributed by atoms with E-state index in [9.17, 15) is 0 Å². The van der Waals surface area contributed by atoms with Crippen LogP contribution in [-0.4, -0.2) is 5.88 Å². The number of allylic oxidation sites excluding steroid dienone is 1. The first-order chi connectivity index (χ1) is 6.15. The van der Waals surface area contributed by atoms with Gasteiger partial charge < -0.3 is 0 Å². The summed E-state index contributed by atoms with van der Waals surface area (Å²) in [7, 11) is 0. The SMILES string of the molecule is Cc1cc(Br)cc(C)c1C=CCCl. The summed E-state index contributed by atoms with van der Waals surface area (Å²) in [4.78, 5) is 0. The van der Waals surface area contributed by atoms with E-state index in [4.69, 9.17) is 11.6 Å². The fourth-order valence-corrected chi connectivity index (χ4v) is 2.12. The molecule has 1 rings (SSSR count). The summed E-state index contributed by atoms with van der Waals surface area (Å²) in [6.45, 7) is 4.21. The van der Waals surface area contributed by atoms with Crippen LogP contribution in [0.4, 0.5) is 0 Å². The van der Waals surface area contributed by atoms with Crippen LogP contribution < -0.4 is 0 Å². The molecule has 0 bridgehead atoms. The third-order valence-corrected chi connectivity index (χ3v) is 2.57. The molecular weight excluding hydrogens is 247 g/mol. The molecule has 0 atom stereocenters. The normalized spacial score (nSPS) is 11.1. The average molecular weight is 260 g/mol. The van der Waals surface area contributed by atoms with Gasteiger partial charge in [0.25, 0.3) is 0 Å². The van der Waals surface area contributed by atoms with Gasteiger partial charge in [-0.15, -0.1) is 11.6 Å². The van der Waals surface area contributed by atoms with Crippen LogP contribution >= 0.6 is 27.5 Å². The van der Waals surface area contributed by atoms with Crippen LogP contribution in [-0.2, 0) is 0 Å².